The van der Waals surface area contributed by atoms with Crippen LogP contribution in [0, 0.1) is 5.82 Å². The molecule has 1 aliphatic rings. The summed E-state index contributed by atoms with van der Waals surface area (Å²) in [5, 5.41) is 27.1. The Labute approximate surface area is 214 Å². The Morgan fingerprint density at radius 1 is 0.872 bits per heavy atom. The van der Waals surface area contributed by atoms with E-state index >= 15 is 0 Å². The summed E-state index contributed by atoms with van der Waals surface area (Å²) in [6, 6.07) is 11.9. The van der Waals surface area contributed by atoms with Gasteiger partial charge < -0.3 is 20.8 Å². The van der Waals surface area contributed by atoms with Gasteiger partial charge in [-0.25, -0.2) is 14.0 Å². The summed E-state index contributed by atoms with van der Waals surface area (Å²) in [7, 11) is 0. The molecule has 0 saturated heterocycles. The Kier molecular flexibility index (Phi) is 10.1. The third-order valence-electron chi connectivity index (χ3n) is 4.92. The lowest BCUT2D eigenvalue weighted by Gasteiger charge is -2.25. The van der Waals surface area contributed by atoms with E-state index < -0.39 is 24.3 Å². The van der Waals surface area contributed by atoms with Gasteiger partial charge in [0.05, 0.1) is 12.2 Å². The second-order valence-electron chi connectivity index (χ2n) is 7.71. The number of anilines is 1. The number of carbonyl (C=O) groups is 3. The third-order valence-corrected chi connectivity index (χ3v) is 4.92. The monoisotopic (exact) mass is 564 g/mol. The normalized spacial score (nSPS) is 14.5. The quantitative estimate of drug-likeness (QED) is 0.301. The van der Waals surface area contributed by atoms with Crippen molar-refractivity contribution < 1.29 is 55.3 Å². The lowest BCUT2D eigenvalue weighted by molar-refractivity contribution is -0.193. The van der Waals surface area contributed by atoms with Crippen molar-refractivity contribution in [2.45, 2.75) is 31.4 Å². The van der Waals surface area contributed by atoms with Crippen LogP contribution < -0.4 is 10.6 Å². The number of carboxylic acids is 2. The smallest absolute Gasteiger partial charge is 0.475 e. The topological polar surface area (TPSA) is 144 Å². The molecule has 39 heavy (non-hydrogen) atoms. The number of rotatable bonds is 3. The number of alkyl halides is 6. The average Bonchev–Trinajstić information content (AvgIpc) is 3.38. The van der Waals surface area contributed by atoms with Crippen LogP contribution in [0.15, 0.2) is 54.9 Å². The summed E-state index contributed by atoms with van der Waals surface area (Å²) in [5.74, 6) is -5.90. The molecule has 210 valence electrons. The SMILES string of the molecule is O=C(Nc1ccc(-c2cn[nH]c2)cc1)[C@@H]1Cc2cc(F)ccc2CN1.O=C(O)C(F)(F)F.O=C(O)C(F)(F)F. The predicted octanol–water partition coefficient (Wildman–Crippen LogP) is 4.14. The van der Waals surface area contributed by atoms with E-state index in [1.165, 1.54) is 12.1 Å². The molecule has 0 fully saturated rings. The molecule has 3 aromatic rings. The van der Waals surface area contributed by atoms with E-state index in [-0.39, 0.29) is 17.8 Å². The molecule has 4 rings (SSSR count). The van der Waals surface area contributed by atoms with Crippen molar-refractivity contribution in [3.63, 3.8) is 0 Å². The minimum Gasteiger partial charge on any atom is -0.475 e. The maximum Gasteiger partial charge on any atom is 0.490 e. The Morgan fingerprint density at radius 2 is 1.44 bits per heavy atom. The molecule has 0 unspecified atom stereocenters. The fourth-order valence-electron chi connectivity index (χ4n) is 3.05. The maximum atomic E-state index is 13.4. The molecule has 2 aromatic carbocycles. The van der Waals surface area contributed by atoms with Gasteiger partial charge in [0.15, 0.2) is 0 Å². The fourth-order valence-corrected chi connectivity index (χ4v) is 3.05. The van der Waals surface area contributed by atoms with Crippen molar-refractivity contribution in [2.24, 2.45) is 0 Å². The van der Waals surface area contributed by atoms with Crippen LogP contribution in [-0.4, -0.2) is 56.7 Å². The van der Waals surface area contributed by atoms with Crippen LogP contribution in [0.5, 0.6) is 0 Å². The van der Waals surface area contributed by atoms with Crippen LogP contribution in [0.4, 0.5) is 36.4 Å². The first-order chi connectivity index (χ1) is 18.1. The molecule has 1 aromatic heterocycles. The first kappa shape index (κ1) is 30.8. The summed E-state index contributed by atoms with van der Waals surface area (Å²) in [4.78, 5) is 30.3. The van der Waals surface area contributed by atoms with E-state index in [0.29, 0.717) is 13.0 Å². The van der Waals surface area contributed by atoms with E-state index in [4.69, 9.17) is 19.8 Å². The summed E-state index contributed by atoms with van der Waals surface area (Å²) in [5.41, 5.74) is 4.66. The van der Waals surface area contributed by atoms with Gasteiger partial charge in [-0.05, 0) is 47.4 Å². The van der Waals surface area contributed by atoms with Crippen molar-refractivity contribution >= 4 is 23.5 Å². The van der Waals surface area contributed by atoms with E-state index in [0.717, 1.165) is 27.9 Å². The highest BCUT2D eigenvalue weighted by molar-refractivity contribution is 5.95. The number of amides is 1. The van der Waals surface area contributed by atoms with Crippen molar-refractivity contribution in [3.05, 3.63) is 71.8 Å². The molecule has 1 amide bonds. The number of H-pyrrole nitrogens is 1. The average molecular weight is 564 g/mol. The number of hydrogen-bond acceptors (Lipinski definition) is 5. The van der Waals surface area contributed by atoms with E-state index in [1.807, 2.05) is 30.5 Å². The van der Waals surface area contributed by atoms with Gasteiger partial charge in [0.2, 0.25) is 5.91 Å². The van der Waals surface area contributed by atoms with Gasteiger partial charge in [-0.2, -0.15) is 31.4 Å². The number of benzene rings is 2. The van der Waals surface area contributed by atoms with Crippen molar-refractivity contribution in [1.82, 2.24) is 15.5 Å². The molecule has 0 saturated carbocycles. The number of aromatic amines is 1. The van der Waals surface area contributed by atoms with Crippen LogP contribution in [0.1, 0.15) is 11.1 Å². The van der Waals surface area contributed by atoms with Crippen LogP contribution in [0.2, 0.25) is 0 Å². The first-order valence-electron chi connectivity index (χ1n) is 10.6. The highest BCUT2D eigenvalue weighted by Gasteiger charge is 2.38. The minimum atomic E-state index is -5.08. The third kappa shape index (κ3) is 9.73. The molecule has 9 nitrogen and oxygen atoms in total. The van der Waals surface area contributed by atoms with Gasteiger partial charge in [0.1, 0.15) is 5.82 Å². The van der Waals surface area contributed by atoms with Gasteiger partial charge in [0, 0.05) is 24.0 Å². The second-order valence-corrected chi connectivity index (χ2v) is 7.71. The minimum absolute atomic E-state index is 0.119. The molecule has 5 N–H and O–H groups in total. The summed E-state index contributed by atoms with van der Waals surface area (Å²) >= 11 is 0. The Balaban J connectivity index is 0.000000317. The number of carbonyl (C=O) groups excluding carboxylic acids is 1. The van der Waals surface area contributed by atoms with Gasteiger partial charge in [-0.3, -0.25) is 9.89 Å². The van der Waals surface area contributed by atoms with Crippen molar-refractivity contribution in [1.29, 1.82) is 0 Å². The molecule has 0 radical (unpaired) electrons. The first-order valence-corrected chi connectivity index (χ1v) is 10.6. The van der Waals surface area contributed by atoms with Crippen LogP contribution in [-0.2, 0) is 27.3 Å². The maximum absolute atomic E-state index is 13.4. The Morgan fingerprint density at radius 3 is 1.92 bits per heavy atom. The lowest BCUT2D eigenvalue weighted by atomic mass is 9.95. The van der Waals surface area contributed by atoms with Crippen molar-refractivity contribution in [3.8, 4) is 11.1 Å². The van der Waals surface area contributed by atoms with Crippen molar-refractivity contribution in [2.75, 3.05) is 5.32 Å². The van der Waals surface area contributed by atoms with Gasteiger partial charge in [-0.15, -0.1) is 0 Å². The van der Waals surface area contributed by atoms with Crippen LogP contribution in [0.3, 0.4) is 0 Å². The number of nitrogens with one attached hydrogen (secondary N) is 3. The van der Waals surface area contributed by atoms with Gasteiger partial charge in [0.25, 0.3) is 0 Å². The predicted molar refractivity (Wildman–Crippen MR) is 121 cm³/mol. The number of aromatic nitrogens is 2. The van der Waals surface area contributed by atoms with Gasteiger partial charge in [-0.1, -0.05) is 18.2 Å². The number of fused-ring (bicyclic) bond motifs is 1. The zero-order chi connectivity index (χ0) is 29.4. The molecule has 1 atom stereocenters. The largest absolute Gasteiger partial charge is 0.490 e. The number of carboxylic acid groups (broad SMARTS) is 2. The van der Waals surface area contributed by atoms with E-state index in [1.54, 1.807) is 12.3 Å². The standard InChI is InChI=1S/C19H17FN4O.2C2HF3O2/c20-16-4-1-13-9-21-18(8-14(13)7-16)19(25)24-17-5-2-12(3-6-17)15-10-22-23-11-15;2*3-2(4,5)1(6)7/h1-7,10-11,18,21H,8-9H2,(H,22,23)(H,24,25);2*(H,6,7)/t18-;;/m0../s1. The summed E-state index contributed by atoms with van der Waals surface area (Å²) in [6.45, 7) is 0.563. The lowest BCUT2D eigenvalue weighted by Crippen LogP contribution is -2.44. The Bertz CT molecular complexity index is 1250. The highest BCUT2D eigenvalue weighted by atomic mass is 19.4. The number of aliphatic carboxylic acids is 2. The number of hydrogen-bond donors (Lipinski definition) is 5. The summed E-state index contributed by atoms with van der Waals surface area (Å²) in [6.07, 6.45) is -6.13. The molecule has 16 heteroatoms. The molecule has 0 spiro atoms. The van der Waals surface area contributed by atoms with E-state index in [2.05, 4.69) is 20.8 Å². The summed E-state index contributed by atoms with van der Waals surface area (Å²) < 4.78 is 76.9. The fraction of sp³-hybridized carbons (Fsp3) is 0.217. The zero-order valence-electron chi connectivity index (χ0n) is 19.4. The molecule has 0 bridgehead atoms. The number of nitrogens with zero attached hydrogens (tertiary/aromatic N) is 1. The zero-order valence-corrected chi connectivity index (χ0v) is 19.4. The van der Waals surface area contributed by atoms with Crippen LogP contribution >= 0.6 is 0 Å². The van der Waals surface area contributed by atoms with E-state index in [9.17, 15) is 35.5 Å². The molecule has 0 aliphatic carbocycles. The molecule has 1 aliphatic heterocycles. The number of halogens is 7. The highest BCUT2D eigenvalue weighted by Crippen LogP contribution is 2.22. The Hall–Kier alpha value is -4.47. The van der Waals surface area contributed by atoms with Gasteiger partial charge >= 0.3 is 24.3 Å². The van der Waals surface area contributed by atoms with Crippen LogP contribution in [0.25, 0.3) is 11.1 Å². The molecular formula is C23H19F7N4O5. The molecule has 2 heterocycles. The second kappa shape index (κ2) is 12.9. The molecular weight excluding hydrogens is 545 g/mol.